The highest BCUT2D eigenvalue weighted by Crippen LogP contribution is 2.37. The van der Waals surface area contributed by atoms with Gasteiger partial charge in [-0.25, -0.2) is 4.98 Å². The van der Waals surface area contributed by atoms with Crippen molar-refractivity contribution in [2.24, 2.45) is 0 Å². The van der Waals surface area contributed by atoms with Gasteiger partial charge in [0.1, 0.15) is 17.3 Å². The number of piperidine rings is 1. The SMILES string of the molecule is COc1ccccc1-c1nc2ccccc2n1C1CCN(Cc2cccc(O)c2)CC1. The van der Waals surface area contributed by atoms with Crippen LogP contribution in [0.1, 0.15) is 24.4 Å². The number of likely N-dealkylation sites (tertiary alicyclic amines) is 1. The minimum absolute atomic E-state index is 0.332. The van der Waals surface area contributed by atoms with Gasteiger partial charge in [0, 0.05) is 25.7 Å². The average molecular weight is 414 g/mol. The summed E-state index contributed by atoms with van der Waals surface area (Å²) in [5.74, 6) is 2.16. The zero-order chi connectivity index (χ0) is 21.2. The van der Waals surface area contributed by atoms with Gasteiger partial charge in [-0.2, -0.15) is 0 Å². The van der Waals surface area contributed by atoms with Crippen LogP contribution in [0.4, 0.5) is 0 Å². The van der Waals surface area contributed by atoms with Crippen LogP contribution in [0.25, 0.3) is 22.4 Å². The molecule has 2 heterocycles. The minimum Gasteiger partial charge on any atom is -0.508 e. The Balaban J connectivity index is 1.44. The Morgan fingerprint density at radius 3 is 2.55 bits per heavy atom. The van der Waals surface area contributed by atoms with Crippen molar-refractivity contribution in [3.63, 3.8) is 0 Å². The van der Waals surface area contributed by atoms with Crippen molar-refractivity contribution in [2.75, 3.05) is 20.2 Å². The lowest BCUT2D eigenvalue weighted by molar-refractivity contribution is 0.182. The Morgan fingerprint density at radius 2 is 1.74 bits per heavy atom. The summed E-state index contributed by atoms with van der Waals surface area (Å²) in [6, 6.07) is 24.5. The number of ether oxygens (including phenoxy) is 1. The third kappa shape index (κ3) is 3.89. The van der Waals surface area contributed by atoms with Crippen molar-refractivity contribution in [3.05, 3.63) is 78.4 Å². The first-order chi connectivity index (χ1) is 15.2. The van der Waals surface area contributed by atoms with E-state index < -0.39 is 0 Å². The maximum Gasteiger partial charge on any atom is 0.145 e. The lowest BCUT2D eigenvalue weighted by Gasteiger charge is -2.33. The fourth-order valence-electron chi connectivity index (χ4n) is 4.68. The maximum absolute atomic E-state index is 9.75. The fourth-order valence-corrected chi connectivity index (χ4v) is 4.68. The monoisotopic (exact) mass is 413 g/mol. The van der Waals surface area contributed by atoms with Gasteiger partial charge in [-0.3, -0.25) is 4.90 Å². The van der Waals surface area contributed by atoms with Gasteiger partial charge >= 0.3 is 0 Å². The Labute approximate surface area is 182 Å². The largest absolute Gasteiger partial charge is 0.508 e. The van der Waals surface area contributed by atoms with Crippen LogP contribution >= 0.6 is 0 Å². The molecule has 0 unspecified atom stereocenters. The zero-order valence-corrected chi connectivity index (χ0v) is 17.7. The van der Waals surface area contributed by atoms with Crippen LogP contribution in [0.2, 0.25) is 0 Å². The van der Waals surface area contributed by atoms with Gasteiger partial charge in [-0.15, -0.1) is 0 Å². The number of hydrogen-bond donors (Lipinski definition) is 1. The van der Waals surface area contributed by atoms with Crippen LogP contribution in [-0.2, 0) is 6.54 Å². The summed E-state index contributed by atoms with van der Waals surface area (Å²) in [5.41, 5.74) is 4.38. The topological polar surface area (TPSA) is 50.5 Å². The van der Waals surface area contributed by atoms with Crippen LogP contribution in [0.15, 0.2) is 72.8 Å². The van der Waals surface area contributed by atoms with Crippen molar-refractivity contribution in [1.29, 1.82) is 0 Å². The molecule has 0 bridgehead atoms. The standard InChI is InChI=1S/C26H27N3O2/c1-31-25-12-5-2-9-22(25)26-27-23-10-3-4-11-24(23)29(26)20-13-15-28(16-14-20)18-19-7-6-8-21(30)17-19/h2-12,17,20,30H,13-16,18H2,1H3. The highest BCUT2D eigenvalue weighted by atomic mass is 16.5. The van der Waals surface area contributed by atoms with E-state index in [4.69, 9.17) is 9.72 Å². The lowest BCUT2D eigenvalue weighted by Crippen LogP contribution is -2.34. The van der Waals surface area contributed by atoms with E-state index in [0.717, 1.165) is 60.7 Å². The number of aromatic hydroxyl groups is 1. The molecular weight excluding hydrogens is 386 g/mol. The van der Waals surface area contributed by atoms with E-state index in [2.05, 4.69) is 39.8 Å². The molecule has 1 aliphatic rings. The molecule has 0 spiro atoms. The van der Waals surface area contributed by atoms with Gasteiger partial charge in [-0.1, -0.05) is 36.4 Å². The smallest absolute Gasteiger partial charge is 0.145 e. The number of nitrogens with zero attached hydrogens (tertiary/aromatic N) is 3. The second-order valence-corrected chi connectivity index (χ2v) is 8.17. The van der Waals surface area contributed by atoms with Crippen LogP contribution < -0.4 is 4.74 Å². The van der Waals surface area contributed by atoms with Crippen LogP contribution in [-0.4, -0.2) is 39.8 Å². The van der Waals surface area contributed by atoms with Gasteiger partial charge < -0.3 is 14.4 Å². The van der Waals surface area contributed by atoms with Gasteiger partial charge in [-0.05, 0) is 54.8 Å². The molecule has 0 aliphatic carbocycles. The number of methoxy groups -OCH3 is 1. The molecule has 0 atom stereocenters. The lowest BCUT2D eigenvalue weighted by atomic mass is 10.0. The third-order valence-electron chi connectivity index (χ3n) is 6.18. The van der Waals surface area contributed by atoms with E-state index in [1.54, 1.807) is 13.2 Å². The summed E-state index contributed by atoms with van der Waals surface area (Å²) in [6.07, 6.45) is 2.11. The number of phenols is 1. The summed E-state index contributed by atoms with van der Waals surface area (Å²) in [6.45, 7) is 2.89. The molecule has 0 amide bonds. The number of rotatable bonds is 5. The van der Waals surface area contributed by atoms with Gasteiger partial charge in [0.2, 0.25) is 0 Å². The molecule has 158 valence electrons. The molecule has 4 aromatic rings. The molecule has 3 aromatic carbocycles. The van der Waals surface area contributed by atoms with Crippen molar-refractivity contribution in [3.8, 4) is 22.9 Å². The maximum atomic E-state index is 9.75. The molecule has 31 heavy (non-hydrogen) atoms. The zero-order valence-electron chi connectivity index (χ0n) is 17.7. The molecular formula is C26H27N3O2. The minimum atomic E-state index is 0.332. The van der Waals surface area contributed by atoms with Crippen LogP contribution in [0.5, 0.6) is 11.5 Å². The number of benzene rings is 3. The number of imidazole rings is 1. The predicted molar refractivity (Wildman–Crippen MR) is 123 cm³/mol. The highest BCUT2D eigenvalue weighted by molar-refractivity contribution is 5.82. The van der Waals surface area contributed by atoms with E-state index >= 15 is 0 Å². The second-order valence-electron chi connectivity index (χ2n) is 8.17. The van der Waals surface area contributed by atoms with Crippen molar-refractivity contribution < 1.29 is 9.84 Å². The van der Waals surface area contributed by atoms with E-state index in [-0.39, 0.29) is 0 Å². The summed E-state index contributed by atoms with van der Waals surface area (Å²) >= 11 is 0. The fraction of sp³-hybridized carbons (Fsp3) is 0.269. The molecule has 1 aliphatic heterocycles. The Hall–Kier alpha value is -3.31. The number of phenolic OH excluding ortho intramolecular Hbond substituents is 1. The molecule has 1 fully saturated rings. The first kappa shape index (κ1) is 19.6. The second kappa shape index (κ2) is 8.44. The van der Waals surface area contributed by atoms with Crippen LogP contribution in [0.3, 0.4) is 0 Å². The first-order valence-corrected chi connectivity index (χ1v) is 10.8. The number of hydrogen-bond acceptors (Lipinski definition) is 4. The van der Waals surface area contributed by atoms with Crippen molar-refractivity contribution in [1.82, 2.24) is 14.5 Å². The first-order valence-electron chi connectivity index (χ1n) is 10.8. The molecule has 1 aromatic heterocycles. The normalized spacial score (nSPS) is 15.4. The number of para-hydroxylation sites is 3. The van der Waals surface area contributed by atoms with E-state index in [0.29, 0.717) is 11.8 Å². The molecule has 5 heteroatoms. The third-order valence-corrected chi connectivity index (χ3v) is 6.18. The Bertz CT molecular complexity index is 1190. The molecule has 1 N–H and O–H groups in total. The molecule has 5 rings (SSSR count). The van der Waals surface area contributed by atoms with Crippen molar-refractivity contribution >= 4 is 11.0 Å². The average Bonchev–Trinajstić information content (AvgIpc) is 3.19. The summed E-state index contributed by atoms with van der Waals surface area (Å²) in [4.78, 5) is 7.47. The number of aromatic nitrogens is 2. The quantitative estimate of drug-likeness (QED) is 0.485. The molecule has 5 nitrogen and oxygen atoms in total. The van der Waals surface area contributed by atoms with E-state index in [1.165, 1.54) is 5.52 Å². The van der Waals surface area contributed by atoms with E-state index in [9.17, 15) is 5.11 Å². The van der Waals surface area contributed by atoms with Crippen LogP contribution in [0, 0.1) is 0 Å². The van der Waals surface area contributed by atoms with Gasteiger partial charge in [0.15, 0.2) is 0 Å². The van der Waals surface area contributed by atoms with Gasteiger partial charge in [0.25, 0.3) is 0 Å². The number of fused-ring (bicyclic) bond motifs is 1. The Kier molecular flexibility index (Phi) is 5.35. The summed E-state index contributed by atoms with van der Waals surface area (Å²) in [5, 5.41) is 9.75. The highest BCUT2D eigenvalue weighted by Gasteiger charge is 2.26. The van der Waals surface area contributed by atoms with Crippen molar-refractivity contribution in [2.45, 2.75) is 25.4 Å². The summed E-state index contributed by atoms with van der Waals surface area (Å²) in [7, 11) is 1.71. The molecule has 0 radical (unpaired) electrons. The molecule has 1 saturated heterocycles. The Morgan fingerprint density at radius 1 is 0.968 bits per heavy atom. The van der Waals surface area contributed by atoms with E-state index in [1.807, 2.05) is 36.4 Å². The summed E-state index contributed by atoms with van der Waals surface area (Å²) < 4.78 is 8.06. The van der Waals surface area contributed by atoms with Gasteiger partial charge in [0.05, 0.1) is 23.7 Å². The predicted octanol–water partition coefficient (Wildman–Crippen LogP) is 5.25. The molecule has 0 saturated carbocycles.